The maximum atomic E-state index is 5.09. The van der Waals surface area contributed by atoms with Gasteiger partial charge in [-0.25, -0.2) is 0 Å². The van der Waals surface area contributed by atoms with E-state index >= 15 is 0 Å². The van der Waals surface area contributed by atoms with Gasteiger partial charge in [0.1, 0.15) is 0 Å². The molecule has 0 fully saturated rings. The number of hydrogen-bond acceptors (Lipinski definition) is 0. The second-order valence-corrected chi connectivity index (χ2v) is 4.34. The summed E-state index contributed by atoms with van der Waals surface area (Å²) in [7, 11) is -2.34. The first-order chi connectivity index (χ1) is 4.24. The Hall–Kier alpha value is -1.36. The zero-order chi connectivity index (χ0) is 7.33. The van der Waals surface area contributed by atoms with Gasteiger partial charge in [0.05, 0.1) is 0 Å². The molecule has 0 nitrogen and oxygen atoms in total. The van der Waals surface area contributed by atoms with Crippen molar-refractivity contribution in [2.24, 2.45) is 0 Å². The van der Waals surface area contributed by atoms with E-state index in [1.54, 1.807) is 0 Å². The molecule has 0 aromatic rings. The summed E-state index contributed by atoms with van der Waals surface area (Å²) in [5.74, 6) is 0. The molecule has 0 heterocycles. The van der Waals surface area contributed by atoms with Crippen molar-refractivity contribution in [2.45, 2.75) is 0 Å². The van der Waals surface area contributed by atoms with E-state index in [1.165, 1.54) is 5.70 Å². The van der Waals surface area contributed by atoms with Gasteiger partial charge in [0.15, 0.2) is 0 Å². The molecule has 42 valence electrons. The molecule has 0 amide bonds. The second-order valence-electron chi connectivity index (χ2n) is 1.45. The van der Waals surface area contributed by atoms with Crippen LogP contribution in [0.25, 0.3) is 0 Å². The molecule has 0 radical (unpaired) electrons. The van der Waals surface area contributed by atoms with Crippen LogP contribution in [0.2, 0.25) is 0 Å². The van der Waals surface area contributed by atoms with E-state index in [4.69, 9.17) is 19.3 Å². The van der Waals surface area contributed by atoms with Gasteiger partial charge < -0.3 is 0 Å². The van der Waals surface area contributed by atoms with Gasteiger partial charge in [-0.1, -0.05) is 22.3 Å². The zero-order valence-electron chi connectivity index (χ0n) is 5.02. The van der Waals surface area contributed by atoms with Gasteiger partial charge in [0.2, 0.25) is 0 Å². The first-order valence-electron chi connectivity index (χ1n) is 2.31. The van der Waals surface area contributed by atoms with E-state index in [9.17, 15) is 0 Å². The number of terminal acetylenes is 3. The fourth-order valence-corrected chi connectivity index (χ4v) is 0.905. The zero-order valence-corrected chi connectivity index (χ0v) is 6.02. The molecule has 0 aliphatic heterocycles. The molecule has 9 heavy (non-hydrogen) atoms. The average molecular weight is 130 g/mol. The third kappa shape index (κ3) is 1.26. The molecule has 0 bridgehead atoms. The minimum atomic E-state index is -2.34. The highest BCUT2D eigenvalue weighted by molar-refractivity contribution is 7.04. The van der Waals surface area contributed by atoms with Gasteiger partial charge in [-0.05, 0) is 0 Å². The van der Waals surface area contributed by atoms with E-state index in [-0.39, 0.29) is 0 Å². The summed E-state index contributed by atoms with van der Waals surface area (Å²) >= 11 is 0. The Kier molecular flexibility index (Phi) is 2.40. The van der Waals surface area contributed by atoms with Crippen molar-refractivity contribution in [3.05, 3.63) is 12.3 Å². The van der Waals surface area contributed by atoms with Crippen molar-refractivity contribution in [1.29, 1.82) is 0 Å². The summed E-state index contributed by atoms with van der Waals surface area (Å²) in [4.78, 5) is 0. The normalized spacial score (nSPS) is 8.11. The largest absolute Gasteiger partial charge is 0.312 e. The first kappa shape index (κ1) is 7.64. The Morgan fingerprint density at radius 2 is 1.44 bits per heavy atom. The Labute approximate surface area is 57.0 Å². The monoisotopic (exact) mass is 130 g/mol. The van der Waals surface area contributed by atoms with E-state index in [2.05, 4.69) is 23.2 Å². The lowest BCUT2D eigenvalue weighted by molar-refractivity contribution is 2.31. The molecule has 1 heteroatoms. The summed E-state index contributed by atoms with van der Waals surface area (Å²) in [5.41, 5.74) is 8.77. The van der Waals surface area contributed by atoms with Gasteiger partial charge in [0, 0.05) is 0 Å². The molecule has 0 N–H and O–H groups in total. The topological polar surface area (TPSA) is 0 Å². The lowest BCUT2D eigenvalue weighted by Crippen LogP contribution is -2.25. The summed E-state index contributed by atoms with van der Waals surface area (Å²) < 4.78 is 0. The van der Waals surface area contributed by atoms with Gasteiger partial charge >= 0.3 is 8.07 Å². The predicted molar refractivity (Wildman–Crippen MR) is 42.5 cm³/mol. The molecule has 0 aliphatic rings. The minimum Gasteiger partial charge on any atom is -0.124 e. The smallest absolute Gasteiger partial charge is 0.124 e. The molecule has 0 rings (SSSR count). The highest BCUT2D eigenvalue weighted by Crippen LogP contribution is 1.96. The maximum absolute atomic E-state index is 5.09. The summed E-state index contributed by atoms with van der Waals surface area (Å²) in [6, 6.07) is 0. The minimum absolute atomic E-state index is 1.53. The Balaban J connectivity index is 4.76. The summed E-state index contributed by atoms with van der Waals surface area (Å²) in [6.45, 7) is 3.48. The van der Waals surface area contributed by atoms with E-state index in [0.29, 0.717) is 0 Å². The molecule has 0 aromatic carbocycles. The molecule has 0 atom stereocenters. The molecular weight excluding hydrogens is 124 g/mol. The van der Waals surface area contributed by atoms with Crippen LogP contribution < -0.4 is 0 Å². The van der Waals surface area contributed by atoms with Crippen molar-refractivity contribution in [1.82, 2.24) is 0 Å². The van der Waals surface area contributed by atoms with E-state index in [1.807, 2.05) is 0 Å². The standard InChI is InChI=1S/C8H6Si/c1-5-9(6-2,7-3)8-4/h1-3,8H,4H2. The van der Waals surface area contributed by atoms with Crippen LogP contribution in [0.3, 0.4) is 0 Å². The third-order valence-corrected chi connectivity index (χ3v) is 2.97. The molecule has 0 aliphatic carbocycles. The van der Waals surface area contributed by atoms with Gasteiger partial charge in [-0.15, -0.1) is 25.8 Å². The highest BCUT2D eigenvalue weighted by Gasteiger charge is 2.20. The van der Waals surface area contributed by atoms with Gasteiger partial charge in [-0.3, -0.25) is 0 Å². The molecule has 0 unspecified atom stereocenters. The first-order valence-corrected chi connectivity index (χ1v) is 4.39. The maximum Gasteiger partial charge on any atom is 0.312 e. The third-order valence-electron chi connectivity index (χ3n) is 0.989. The van der Waals surface area contributed by atoms with Crippen molar-refractivity contribution in [3.63, 3.8) is 0 Å². The van der Waals surface area contributed by atoms with Crippen LogP contribution in [0, 0.1) is 35.9 Å². The quantitative estimate of drug-likeness (QED) is 0.361. The van der Waals surface area contributed by atoms with Crippen molar-refractivity contribution < 1.29 is 0 Å². The second kappa shape index (κ2) is 2.83. The lowest BCUT2D eigenvalue weighted by Gasteiger charge is -2.01. The van der Waals surface area contributed by atoms with Crippen LogP contribution in [-0.4, -0.2) is 8.07 Å². The van der Waals surface area contributed by atoms with Crippen LogP contribution in [0.15, 0.2) is 12.3 Å². The fourth-order valence-electron chi connectivity index (χ4n) is 0.302. The van der Waals surface area contributed by atoms with Crippen LogP contribution in [0.4, 0.5) is 0 Å². The van der Waals surface area contributed by atoms with Crippen LogP contribution in [-0.2, 0) is 0 Å². The van der Waals surface area contributed by atoms with Crippen LogP contribution >= 0.6 is 0 Å². The van der Waals surface area contributed by atoms with Crippen molar-refractivity contribution >= 4 is 8.07 Å². The fraction of sp³-hybridized carbons (Fsp3) is 0. The molecule has 0 saturated heterocycles. The van der Waals surface area contributed by atoms with Gasteiger partial charge in [-0.2, -0.15) is 0 Å². The SMILES string of the molecule is C#C[Si](C#C)(C#C)C=C. The Morgan fingerprint density at radius 1 is 1.11 bits per heavy atom. The Bertz CT molecular complexity index is 193. The molecule has 0 aromatic heterocycles. The molecule has 0 saturated carbocycles. The van der Waals surface area contributed by atoms with Gasteiger partial charge in [0.25, 0.3) is 0 Å². The summed E-state index contributed by atoms with van der Waals surface area (Å²) in [6.07, 6.45) is 15.3. The highest BCUT2D eigenvalue weighted by atomic mass is 28.3. The molecular formula is C8H6Si. The number of hydrogen-bond donors (Lipinski definition) is 0. The molecule has 0 spiro atoms. The van der Waals surface area contributed by atoms with E-state index in [0.717, 1.165) is 0 Å². The Morgan fingerprint density at radius 3 is 1.44 bits per heavy atom. The van der Waals surface area contributed by atoms with Crippen molar-refractivity contribution in [3.8, 4) is 35.9 Å². The van der Waals surface area contributed by atoms with E-state index < -0.39 is 8.07 Å². The predicted octanol–water partition coefficient (Wildman–Crippen LogP) is 0.678. The van der Waals surface area contributed by atoms with Crippen LogP contribution in [0.5, 0.6) is 0 Å². The summed E-state index contributed by atoms with van der Waals surface area (Å²) in [5, 5.41) is 0. The van der Waals surface area contributed by atoms with Crippen LogP contribution in [0.1, 0.15) is 0 Å². The lowest BCUT2D eigenvalue weighted by atomic mass is 11.2. The van der Waals surface area contributed by atoms with Crippen molar-refractivity contribution in [2.75, 3.05) is 0 Å². The average Bonchev–Trinajstić information content (AvgIpc) is 1.95. The number of rotatable bonds is 1.